The van der Waals surface area contributed by atoms with Crippen LogP contribution in [0.2, 0.25) is 18.1 Å². The molecule has 2 aromatic heterocycles. The number of fused-ring (bicyclic) bond motifs is 1. The van der Waals surface area contributed by atoms with Gasteiger partial charge in [-0.05, 0) is 48.8 Å². The van der Waals surface area contributed by atoms with Crippen molar-refractivity contribution in [3.8, 4) is 17.1 Å². The summed E-state index contributed by atoms with van der Waals surface area (Å²) in [5.74, 6) is 0.0859. The van der Waals surface area contributed by atoms with E-state index < -0.39 is 26.2 Å². The number of benzene rings is 1. The zero-order valence-corrected chi connectivity index (χ0v) is 27.5. The molecule has 1 unspecified atom stereocenters. The molecule has 0 radical (unpaired) electrons. The SMILES string of the molecule is COC(=O)C(CCO/N=C1\N[C@@H](c2ccc(F)cc2-c2cccc(OC)n2)Cc2nc(N)nc(C)c21)O[Si](C)(C)C(C)(C)C. The molecule has 13 heteroatoms. The van der Waals surface area contributed by atoms with Gasteiger partial charge in [-0.2, -0.15) is 0 Å². The number of nitrogens with zero attached hydrogens (tertiary/aromatic N) is 4. The Morgan fingerprint density at radius 2 is 1.93 bits per heavy atom. The fourth-order valence-electron chi connectivity index (χ4n) is 4.74. The van der Waals surface area contributed by atoms with Crippen molar-refractivity contribution < 1.29 is 27.9 Å². The molecule has 0 amide bonds. The van der Waals surface area contributed by atoms with Crippen LogP contribution in [0.1, 0.15) is 55.7 Å². The van der Waals surface area contributed by atoms with Crippen molar-refractivity contribution in [2.45, 2.75) is 70.8 Å². The second-order valence-electron chi connectivity index (χ2n) is 12.1. The second kappa shape index (κ2) is 13.3. The number of pyridine rings is 1. The molecule has 3 heterocycles. The lowest BCUT2D eigenvalue weighted by atomic mass is 9.90. The molecule has 0 bridgehead atoms. The summed E-state index contributed by atoms with van der Waals surface area (Å²) >= 11 is 0. The molecule has 0 spiro atoms. The first-order valence-corrected chi connectivity index (χ1v) is 17.3. The minimum Gasteiger partial charge on any atom is -0.481 e. The van der Waals surface area contributed by atoms with Gasteiger partial charge in [-0.3, -0.25) is 0 Å². The maximum atomic E-state index is 14.5. The number of nitrogens with one attached hydrogen (secondary N) is 1. The first-order valence-electron chi connectivity index (χ1n) is 14.4. The number of carbonyl (C=O) groups excluding carboxylic acids is 1. The van der Waals surface area contributed by atoms with Crippen LogP contribution in [0.15, 0.2) is 41.6 Å². The monoisotopic (exact) mass is 624 g/mol. The van der Waals surface area contributed by atoms with Gasteiger partial charge in [-0.25, -0.2) is 24.1 Å². The minimum atomic E-state index is -2.26. The number of anilines is 1. The van der Waals surface area contributed by atoms with E-state index in [1.807, 2.05) is 6.92 Å². The van der Waals surface area contributed by atoms with Crippen LogP contribution in [0.3, 0.4) is 0 Å². The molecule has 3 aromatic rings. The molecular weight excluding hydrogens is 583 g/mol. The molecule has 236 valence electrons. The number of carbonyl (C=O) groups is 1. The quantitative estimate of drug-likeness (QED) is 0.135. The summed E-state index contributed by atoms with van der Waals surface area (Å²) in [6.07, 6.45) is -0.120. The number of aromatic nitrogens is 3. The number of oxime groups is 1. The Labute approximate surface area is 258 Å². The first kappa shape index (κ1) is 32.8. The van der Waals surface area contributed by atoms with Crippen molar-refractivity contribution in [2.24, 2.45) is 5.16 Å². The Hall–Kier alpha value is -4.10. The zero-order chi connectivity index (χ0) is 32.2. The maximum absolute atomic E-state index is 14.5. The van der Waals surface area contributed by atoms with Crippen LogP contribution >= 0.6 is 0 Å². The third kappa shape index (κ3) is 7.33. The summed E-state index contributed by atoms with van der Waals surface area (Å²) in [6, 6.07) is 9.49. The topological polar surface area (TPSA) is 143 Å². The number of ether oxygens (including phenoxy) is 2. The van der Waals surface area contributed by atoms with Gasteiger partial charge in [0.25, 0.3) is 0 Å². The van der Waals surface area contributed by atoms with E-state index in [2.05, 4.69) is 59.3 Å². The van der Waals surface area contributed by atoms with Crippen molar-refractivity contribution in [2.75, 3.05) is 26.6 Å². The van der Waals surface area contributed by atoms with E-state index in [1.165, 1.54) is 26.4 Å². The Kier molecular flexibility index (Phi) is 9.89. The summed E-state index contributed by atoms with van der Waals surface area (Å²) < 4.78 is 31.2. The average molecular weight is 625 g/mol. The van der Waals surface area contributed by atoms with Gasteiger partial charge in [0.15, 0.2) is 14.2 Å². The normalized spacial score (nSPS) is 16.6. The van der Waals surface area contributed by atoms with Crippen LogP contribution in [-0.2, 0) is 25.2 Å². The molecule has 0 aliphatic carbocycles. The van der Waals surface area contributed by atoms with Crippen LogP contribution in [0, 0.1) is 12.7 Å². The molecule has 1 aliphatic rings. The number of esters is 1. The third-order valence-corrected chi connectivity index (χ3v) is 12.5. The van der Waals surface area contributed by atoms with Gasteiger partial charge < -0.3 is 29.8 Å². The standard InChI is InChI=1S/C31H41FN6O5Si/c1-18-27-24(37-30(33)34-18)17-23(20-13-12-19(32)16-21(20)22-10-9-11-26(35-22)40-5)36-28(27)38-42-15-14-25(29(39)41-6)43-44(7,8)31(2,3)4/h9-13,16,23,25H,14-15,17H2,1-8H3,(H,36,38)(H2,33,34,37)/t23-,25?/m1/s1. The fraction of sp³-hybridized carbons (Fsp3) is 0.452. The number of halogens is 1. The highest BCUT2D eigenvalue weighted by atomic mass is 28.4. The Bertz CT molecular complexity index is 1540. The first-order chi connectivity index (χ1) is 20.7. The smallest absolute Gasteiger partial charge is 0.333 e. The van der Waals surface area contributed by atoms with E-state index in [0.29, 0.717) is 46.3 Å². The molecule has 1 aliphatic heterocycles. The summed E-state index contributed by atoms with van der Waals surface area (Å²) in [5, 5.41) is 7.76. The van der Waals surface area contributed by atoms with Gasteiger partial charge in [0, 0.05) is 24.5 Å². The van der Waals surface area contributed by atoms with E-state index in [9.17, 15) is 9.18 Å². The summed E-state index contributed by atoms with van der Waals surface area (Å²) in [4.78, 5) is 31.7. The van der Waals surface area contributed by atoms with Gasteiger partial charge >= 0.3 is 5.97 Å². The van der Waals surface area contributed by atoms with Crippen molar-refractivity contribution in [3.05, 3.63) is 64.7 Å². The lowest BCUT2D eigenvalue weighted by Gasteiger charge is -2.38. The van der Waals surface area contributed by atoms with Crippen molar-refractivity contribution in [1.82, 2.24) is 20.3 Å². The molecule has 0 saturated heterocycles. The van der Waals surface area contributed by atoms with Gasteiger partial charge in [-0.15, -0.1) is 0 Å². The Morgan fingerprint density at radius 1 is 1.18 bits per heavy atom. The van der Waals surface area contributed by atoms with Crippen LogP contribution in [0.25, 0.3) is 11.3 Å². The van der Waals surface area contributed by atoms with Gasteiger partial charge in [0.05, 0.1) is 42.9 Å². The third-order valence-electron chi connectivity index (χ3n) is 8.06. The molecule has 0 saturated carbocycles. The number of nitrogens with two attached hydrogens (primary N) is 1. The Morgan fingerprint density at radius 3 is 2.61 bits per heavy atom. The summed E-state index contributed by atoms with van der Waals surface area (Å²) in [5.41, 5.74) is 9.90. The molecule has 11 nitrogen and oxygen atoms in total. The number of aryl methyl sites for hydroxylation is 1. The number of nitrogen functional groups attached to an aromatic ring is 1. The largest absolute Gasteiger partial charge is 0.481 e. The van der Waals surface area contributed by atoms with E-state index >= 15 is 0 Å². The fourth-order valence-corrected chi connectivity index (χ4v) is 6.02. The van der Waals surface area contributed by atoms with E-state index in [-0.39, 0.29) is 30.1 Å². The molecule has 2 atom stereocenters. The second-order valence-corrected chi connectivity index (χ2v) is 16.9. The average Bonchev–Trinajstić information content (AvgIpc) is 2.97. The minimum absolute atomic E-state index is 0.0873. The Balaban J connectivity index is 1.64. The number of hydrogen-bond acceptors (Lipinski definition) is 10. The summed E-state index contributed by atoms with van der Waals surface area (Å²) in [7, 11) is 0.606. The molecular formula is C31H41FN6O5Si. The molecule has 4 rings (SSSR count). The molecule has 3 N–H and O–H groups in total. The molecule has 0 fully saturated rings. The molecule has 1 aromatic carbocycles. The van der Waals surface area contributed by atoms with Crippen LogP contribution in [0.4, 0.5) is 10.3 Å². The van der Waals surface area contributed by atoms with Crippen LogP contribution < -0.4 is 15.8 Å². The van der Waals surface area contributed by atoms with Gasteiger partial charge in [0.1, 0.15) is 18.5 Å². The highest BCUT2D eigenvalue weighted by Gasteiger charge is 2.41. The lowest BCUT2D eigenvalue weighted by Crippen LogP contribution is -2.46. The number of rotatable bonds is 10. The van der Waals surface area contributed by atoms with Crippen molar-refractivity contribution >= 4 is 26.1 Å². The predicted octanol–water partition coefficient (Wildman–Crippen LogP) is 5.10. The predicted molar refractivity (Wildman–Crippen MR) is 168 cm³/mol. The van der Waals surface area contributed by atoms with Crippen molar-refractivity contribution in [1.29, 1.82) is 0 Å². The highest BCUT2D eigenvalue weighted by molar-refractivity contribution is 6.74. The van der Waals surface area contributed by atoms with Gasteiger partial charge in [0.2, 0.25) is 11.8 Å². The number of hydrogen-bond donors (Lipinski definition) is 2. The van der Waals surface area contributed by atoms with E-state index in [1.54, 1.807) is 24.3 Å². The van der Waals surface area contributed by atoms with E-state index in [0.717, 1.165) is 5.56 Å². The lowest BCUT2D eigenvalue weighted by molar-refractivity contribution is -0.150. The zero-order valence-electron chi connectivity index (χ0n) is 26.5. The highest BCUT2D eigenvalue weighted by Crippen LogP contribution is 2.38. The number of methoxy groups -OCH3 is 2. The summed E-state index contributed by atoms with van der Waals surface area (Å²) in [6.45, 7) is 12.4. The van der Waals surface area contributed by atoms with Crippen molar-refractivity contribution in [3.63, 3.8) is 0 Å². The van der Waals surface area contributed by atoms with Gasteiger partial charge in [-0.1, -0.05) is 38.1 Å². The van der Waals surface area contributed by atoms with Crippen LogP contribution in [0.5, 0.6) is 5.88 Å². The van der Waals surface area contributed by atoms with Crippen LogP contribution in [-0.4, -0.2) is 62.0 Å². The molecule has 44 heavy (non-hydrogen) atoms. The maximum Gasteiger partial charge on any atom is 0.333 e. The van der Waals surface area contributed by atoms with E-state index in [4.69, 9.17) is 24.5 Å². The number of amidine groups is 1.